The summed E-state index contributed by atoms with van der Waals surface area (Å²) in [5, 5.41) is 7.96. The van der Waals surface area contributed by atoms with Crippen LogP contribution in [0.2, 0.25) is 0 Å². The number of fused-ring (bicyclic) bond motifs is 1. The zero-order chi connectivity index (χ0) is 20.1. The van der Waals surface area contributed by atoms with Crippen LogP contribution in [-0.4, -0.2) is 36.0 Å². The zero-order valence-corrected chi connectivity index (χ0v) is 17.0. The lowest BCUT2D eigenvalue weighted by atomic mass is 10.1. The van der Waals surface area contributed by atoms with Gasteiger partial charge >= 0.3 is 0 Å². The molecule has 2 heterocycles. The average Bonchev–Trinajstić information content (AvgIpc) is 3.38. The van der Waals surface area contributed by atoms with Crippen molar-refractivity contribution < 1.29 is 4.79 Å². The second kappa shape index (κ2) is 8.91. The summed E-state index contributed by atoms with van der Waals surface area (Å²) in [5.41, 5.74) is 4.26. The van der Waals surface area contributed by atoms with Crippen LogP contribution in [0.4, 0.5) is 0 Å². The van der Waals surface area contributed by atoms with Crippen molar-refractivity contribution in [1.82, 2.24) is 29.6 Å². The first-order valence-electron chi connectivity index (χ1n) is 9.48. The van der Waals surface area contributed by atoms with Gasteiger partial charge in [0.15, 0.2) is 5.16 Å². The molecule has 0 fully saturated rings. The third kappa shape index (κ3) is 4.65. The number of aryl methyl sites for hydroxylation is 1. The van der Waals surface area contributed by atoms with Crippen molar-refractivity contribution in [2.45, 2.75) is 31.7 Å². The monoisotopic (exact) mass is 406 g/mol. The van der Waals surface area contributed by atoms with E-state index in [0.29, 0.717) is 18.8 Å². The number of amides is 1. The van der Waals surface area contributed by atoms with Crippen LogP contribution in [0.15, 0.2) is 66.3 Å². The summed E-state index contributed by atoms with van der Waals surface area (Å²) in [6, 6.07) is 16.2. The number of carbonyl (C=O) groups excluding carboxylic acids is 1. The minimum absolute atomic E-state index is 0.00333. The van der Waals surface area contributed by atoms with Crippen LogP contribution in [0.25, 0.3) is 11.0 Å². The topological polar surface area (TPSA) is 77.6 Å². The van der Waals surface area contributed by atoms with Crippen LogP contribution in [0, 0.1) is 0 Å². The number of carbonyl (C=O) groups is 1. The van der Waals surface area contributed by atoms with Crippen molar-refractivity contribution in [3.05, 3.63) is 72.3 Å². The molecule has 0 spiro atoms. The Morgan fingerprint density at radius 3 is 2.66 bits per heavy atom. The predicted octanol–water partition coefficient (Wildman–Crippen LogP) is 3.10. The molecule has 148 valence electrons. The number of hydrogen-bond donors (Lipinski definition) is 1. The van der Waals surface area contributed by atoms with Crippen molar-refractivity contribution in [3.63, 3.8) is 0 Å². The molecule has 2 aromatic heterocycles. The lowest BCUT2D eigenvalue weighted by molar-refractivity contribution is -0.118. The molecule has 0 unspecified atom stereocenters. The molecule has 2 aromatic carbocycles. The Kier molecular flexibility index (Phi) is 5.90. The Bertz CT molecular complexity index is 1090. The van der Waals surface area contributed by atoms with E-state index in [1.54, 1.807) is 11.0 Å². The quantitative estimate of drug-likeness (QED) is 0.455. The lowest BCUT2D eigenvalue weighted by Gasteiger charge is -2.08. The van der Waals surface area contributed by atoms with Crippen LogP contribution in [0.3, 0.4) is 0 Å². The summed E-state index contributed by atoms with van der Waals surface area (Å²) in [4.78, 5) is 20.9. The molecule has 4 rings (SSSR count). The zero-order valence-electron chi connectivity index (χ0n) is 16.2. The molecule has 29 heavy (non-hydrogen) atoms. The maximum Gasteiger partial charge on any atom is 0.230 e. The normalized spacial score (nSPS) is 11.1. The highest BCUT2D eigenvalue weighted by molar-refractivity contribution is 7.99. The molecule has 0 saturated heterocycles. The number of nitrogens with one attached hydrogen (secondary N) is 1. The van der Waals surface area contributed by atoms with Gasteiger partial charge in [-0.2, -0.15) is 5.10 Å². The van der Waals surface area contributed by atoms with Gasteiger partial charge in [0.05, 0.1) is 23.3 Å². The first-order valence-corrected chi connectivity index (χ1v) is 10.5. The van der Waals surface area contributed by atoms with Crippen molar-refractivity contribution in [1.29, 1.82) is 0 Å². The van der Waals surface area contributed by atoms with Crippen LogP contribution in [-0.2, 0) is 24.4 Å². The fourth-order valence-electron chi connectivity index (χ4n) is 3.11. The second-order valence-corrected chi connectivity index (χ2v) is 7.54. The van der Waals surface area contributed by atoms with Crippen molar-refractivity contribution >= 4 is 28.7 Å². The minimum atomic E-state index is -0.00333. The minimum Gasteiger partial charge on any atom is -0.351 e. The summed E-state index contributed by atoms with van der Waals surface area (Å²) in [6.07, 6.45) is 3.22. The van der Waals surface area contributed by atoms with Gasteiger partial charge in [0.25, 0.3) is 0 Å². The standard InChI is InChI=1S/C21H22N6OS/c1-2-27-19-6-4-3-5-18(19)25-21(27)29-13-20(28)23-11-16-7-9-17(10-8-16)12-26-15-22-14-24-26/h3-10,14-15H,2,11-13H2,1H3,(H,23,28). The summed E-state index contributed by atoms with van der Waals surface area (Å²) in [5.74, 6) is 0.338. The largest absolute Gasteiger partial charge is 0.351 e. The fraction of sp³-hybridized carbons (Fsp3) is 0.238. The van der Waals surface area contributed by atoms with Gasteiger partial charge in [-0.05, 0) is 30.2 Å². The van der Waals surface area contributed by atoms with E-state index in [4.69, 9.17) is 0 Å². The van der Waals surface area contributed by atoms with E-state index >= 15 is 0 Å². The molecular formula is C21H22N6OS. The van der Waals surface area contributed by atoms with Gasteiger partial charge in [-0.3, -0.25) is 4.79 Å². The molecule has 8 heteroatoms. The van der Waals surface area contributed by atoms with E-state index in [-0.39, 0.29) is 5.91 Å². The lowest BCUT2D eigenvalue weighted by Crippen LogP contribution is -2.24. The third-order valence-electron chi connectivity index (χ3n) is 4.59. The third-order valence-corrected chi connectivity index (χ3v) is 5.57. The molecule has 1 amide bonds. The number of para-hydroxylation sites is 2. The van der Waals surface area contributed by atoms with E-state index in [1.807, 2.05) is 42.5 Å². The van der Waals surface area contributed by atoms with Gasteiger partial charge in [-0.1, -0.05) is 48.2 Å². The smallest absolute Gasteiger partial charge is 0.230 e. The maximum absolute atomic E-state index is 12.3. The van der Waals surface area contributed by atoms with E-state index < -0.39 is 0 Å². The van der Waals surface area contributed by atoms with Crippen molar-refractivity contribution in [2.75, 3.05) is 5.75 Å². The number of nitrogens with zero attached hydrogens (tertiary/aromatic N) is 5. The Morgan fingerprint density at radius 2 is 1.90 bits per heavy atom. The summed E-state index contributed by atoms with van der Waals surface area (Å²) in [6.45, 7) is 4.10. The number of thioether (sulfide) groups is 1. The van der Waals surface area contributed by atoms with Gasteiger partial charge in [0, 0.05) is 13.1 Å². The van der Waals surface area contributed by atoms with Gasteiger partial charge < -0.3 is 9.88 Å². The van der Waals surface area contributed by atoms with Crippen LogP contribution < -0.4 is 5.32 Å². The van der Waals surface area contributed by atoms with E-state index in [1.165, 1.54) is 18.1 Å². The highest BCUT2D eigenvalue weighted by Gasteiger charge is 2.11. The summed E-state index contributed by atoms with van der Waals surface area (Å²) >= 11 is 1.47. The number of benzene rings is 2. The van der Waals surface area contributed by atoms with Gasteiger partial charge in [0.2, 0.25) is 5.91 Å². The Labute approximate surface area is 173 Å². The molecule has 0 saturated carbocycles. The molecule has 0 radical (unpaired) electrons. The predicted molar refractivity (Wildman–Crippen MR) is 114 cm³/mol. The number of imidazole rings is 1. The van der Waals surface area contributed by atoms with Gasteiger partial charge in [-0.15, -0.1) is 0 Å². The van der Waals surface area contributed by atoms with Crippen LogP contribution in [0.1, 0.15) is 18.1 Å². The molecule has 0 atom stereocenters. The Hall–Kier alpha value is -3.13. The highest BCUT2D eigenvalue weighted by Crippen LogP contribution is 2.23. The average molecular weight is 407 g/mol. The molecule has 0 aliphatic carbocycles. The van der Waals surface area contributed by atoms with E-state index in [9.17, 15) is 4.79 Å². The van der Waals surface area contributed by atoms with Gasteiger partial charge in [-0.25, -0.2) is 14.6 Å². The molecule has 0 aliphatic heterocycles. The highest BCUT2D eigenvalue weighted by atomic mass is 32.2. The maximum atomic E-state index is 12.3. The van der Waals surface area contributed by atoms with E-state index in [0.717, 1.165) is 33.9 Å². The van der Waals surface area contributed by atoms with E-state index in [2.05, 4.69) is 37.9 Å². The molecule has 7 nitrogen and oxygen atoms in total. The number of rotatable bonds is 8. The van der Waals surface area contributed by atoms with Crippen molar-refractivity contribution in [3.8, 4) is 0 Å². The van der Waals surface area contributed by atoms with Gasteiger partial charge in [0.1, 0.15) is 12.7 Å². The first-order chi connectivity index (χ1) is 14.2. The summed E-state index contributed by atoms with van der Waals surface area (Å²) in [7, 11) is 0. The molecular weight excluding hydrogens is 384 g/mol. The molecule has 0 bridgehead atoms. The molecule has 1 N–H and O–H groups in total. The van der Waals surface area contributed by atoms with Crippen molar-refractivity contribution in [2.24, 2.45) is 0 Å². The first kappa shape index (κ1) is 19.2. The number of hydrogen-bond acceptors (Lipinski definition) is 5. The van der Waals surface area contributed by atoms with Crippen LogP contribution >= 0.6 is 11.8 Å². The second-order valence-electron chi connectivity index (χ2n) is 6.60. The Morgan fingerprint density at radius 1 is 1.10 bits per heavy atom. The molecule has 4 aromatic rings. The number of aromatic nitrogens is 5. The molecule has 0 aliphatic rings. The van der Waals surface area contributed by atoms with Crippen LogP contribution in [0.5, 0.6) is 0 Å². The fourth-order valence-corrected chi connectivity index (χ4v) is 4.02. The SMILES string of the molecule is CCn1c(SCC(=O)NCc2ccc(Cn3cncn3)cc2)nc2ccccc21. The Balaban J connectivity index is 1.29. The summed E-state index contributed by atoms with van der Waals surface area (Å²) < 4.78 is 3.92.